The van der Waals surface area contributed by atoms with Crippen molar-refractivity contribution in [2.24, 2.45) is 11.1 Å². The summed E-state index contributed by atoms with van der Waals surface area (Å²) in [6, 6.07) is 0.581. The summed E-state index contributed by atoms with van der Waals surface area (Å²) in [5.41, 5.74) is 6.06. The van der Waals surface area contributed by atoms with E-state index < -0.39 is 29.2 Å². The van der Waals surface area contributed by atoms with E-state index in [0.29, 0.717) is 23.9 Å². The highest BCUT2D eigenvalue weighted by molar-refractivity contribution is 8.00. The van der Waals surface area contributed by atoms with Crippen LogP contribution in [0.4, 0.5) is 5.82 Å². The van der Waals surface area contributed by atoms with Gasteiger partial charge in [0.25, 0.3) is 11.8 Å². The molecule has 2 atom stereocenters. The van der Waals surface area contributed by atoms with Crippen molar-refractivity contribution >= 4 is 41.1 Å². The monoisotopic (exact) mass is 432 g/mol. The van der Waals surface area contributed by atoms with E-state index in [9.17, 15) is 19.5 Å². The first kappa shape index (κ1) is 20.1. The summed E-state index contributed by atoms with van der Waals surface area (Å²) in [6.07, 6.45) is 3.49. The lowest BCUT2D eigenvalue weighted by atomic mass is 10.0. The average Bonchev–Trinajstić information content (AvgIpc) is 3.53. The summed E-state index contributed by atoms with van der Waals surface area (Å²) in [5.74, 6) is -1.35. The van der Waals surface area contributed by atoms with Gasteiger partial charge >= 0.3 is 5.97 Å². The summed E-state index contributed by atoms with van der Waals surface area (Å²) >= 11 is 1.38. The zero-order chi connectivity index (χ0) is 21.4. The molecule has 0 radical (unpaired) electrons. The van der Waals surface area contributed by atoms with Gasteiger partial charge in [0, 0.05) is 11.9 Å². The van der Waals surface area contributed by atoms with Crippen molar-refractivity contribution in [1.82, 2.24) is 20.2 Å². The van der Waals surface area contributed by atoms with Gasteiger partial charge in [0.15, 0.2) is 5.82 Å². The number of nitrogens with one attached hydrogen (secondary N) is 1. The third-order valence-corrected chi connectivity index (χ3v) is 6.34. The second kappa shape index (κ2) is 7.94. The zero-order valence-corrected chi connectivity index (χ0v) is 16.9. The number of anilines is 1. The second-order valence-corrected chi connectivity index (χ2v) is 8.38. The van der Waals surface area contributed by atoms with Crippen LogP contribution in [0.5, 0.6) is 0 Å². The average molecular weight is 432 g/mol. The number of nitrogen functional groups attached to an aromatic ring is 1. The smallest absolute Gasteiger partial charge is 0.352 e. The van der Waals surface area contributed by atoms with E-state index in [1.807, 2.05) is 0 Å². The van der Waals surface area contributed by atoms with Crippen molar-refractivity contribution < 1.29 is 24.3 Å². The number of fused-ring (bicyclic) bond motifs is 1. The fraction of sp³-hybridized carbons (Fsp3) is 0.444. The molecule has 3 aliphatic rings. The van der Waals surface area contributed by atoms with Crippen LogP contribution in [0.3, 0.4) is 0 Å². The van der Waals surface area contributed by atoms with Crippen molar-refractivity contribution in [2.75, 3.05) is 18.1 Å². The standard InChI is InChI=1S/C18H20N6O5S/c1-8-7-30-17-12(16(26)24(17)13(8)18(27)28)22-15(25)11(23-29-6-9-2-3-9)14-20-5-4-10(19)21-14/h4-5,9,12,17H,2-3,6-7H2,1H3,(H,22,25)(H,27,28)(H2,19,20,21)/b23-11-/t12-,17-/m1/s1. The normalized spacial score (nSPS) is 23.6. The predicted octanol–water partition coefficient (Wildman–Crippen LogP) is -0.0520. The molecule has 1 aromatic rings. The number of amides is 2. The molecule has 1 saturated carbocycles. The van der Waals surface area contributed by atoms with E-state index in [0.717, 1.165) is 12.8 Å². The number of carboxylic acids is 1. The molecule has 4 N–H and O–H groups in total. The van der Waals surface area contributed by atoms with Gasteiger partial charge < -0.3 is 21.0 Å². The SMILES string of the molecule is CC1=C(C(=O)O)N2C(=O)[C@@H](NC(=O)/C(=N\OCC3CC3)c3nccc(N)n3)[C@H]2SC1. The number of rotatable bonds is 7. The molecule has 1 aromatic heterocycles. The van der Waals surface area contributed by atoms with Gasteiger partial charge in [-0.05, 0) is 37.3 Å². The number of carboxylic acid groups (broad SMARTS) is 1. The van der Waals surface area contributed by atoms with Crippen LogP contribution in [0, 0.1) is 5.92 Å². The molecule has 0 aromatic carbocycles. The van der Waals surface area contributed by atoms with Gasteiger partial charge in [-0.15, -0.1) is 11.8 Å². The lowest BCUT2D eigenvalue weighted by Gasteiger charge is -2.49. The molecule has 1 aliphatic carbocycles. The van der Waals surface area contributed by atoms with Crippen LogP contribution in [0.1, 0.15) is 25.6 Å². The van der Waals surface area contributed by atoms with Crippen LogP contribution in [0.15, 0.2) is 28.7 Å². The van der Waals surface area contributed by atoms with Crippen LogP contribution >= 0.6 is 11.8 Å². The van der Waals surface area contributed by atoms with E-state index >= 15 is 0 Å². The molecule has 0 spiro atoms. The first-order chi connectivity index (χ1) is 14.4. The number of aliphatic carboxylic acids is 1. The van der Waals surface area contributed by atoms with Crippen molar-refractivity contribution in [3.8, 4) is 0 Å². The Balaban J connectivity index is 1.51. The minimum atomic E-state index is -1.17. The van der Waals surface area contributed by atoms with Crippen LogP contribution in [0.25, 0.3) is 0 Å². The fourth-order valence-corrected chi connectivity index (χ4v) is 4.44. The number of nitrogens with two attached hydrogens (primary N) is 1. The zero-order valence-electron chi connectivity index (χ0n) is 16.1. The quantitative estimate of drug-likeness (QED) is 0.305. The maximum absolute atomic E-state index is 12.9. The molecule has 12 heteroatoms. The Morgan fingerprint density at radius 3 is 2.90 bits per heavy atom. The van der Waals surface area contributed by atoms with E-state index in [-0.39, 0.29) is 23.1 Å². The van der Waals surface area contributed by atoms with Crippen LogP contribution in [-0.4, -0.2) is 67.2 Å². The Labute approximate surface area is 175 Å². The third kappa shape index (κ3) is 3.82. The lowest BCUT2D eigenvalue weighted by Crippen LogP contribution is -2.71. The highest BCUT2D eigenvalue weighted by Gasteiger charge is 2.54. The number of carbonyl (C=O) groups excluding carboxylic acids is 2. The summed E-state index contributed by atoms with van der Waals surface area (Å²) in [7, 11) is 0. The van der Waals surface area contributed by atoms with Gasteiger partial charge in [-0.1, -0.05) is 5.16 Å². The molecule has 2 fully saturated rings. The van der Waals surface area contributed by atoms with E-state index in [1.54, 1.807) is 6.92 Å². The number of hydrogen-bond acceptors (Lipinski definition) is 9. The molecular weight excluding hydrogens is 412 g/mol. The number of hydrogen-bond donors (Lipinski definition) is 3. The Bertz CT molecular complexity index is 976. The molecule has 3 heterocycles. The first-order valence-corrected chi connectivity index (χ1v) is 10.4. The van der Waals surface area contributed by atoms with E-state index in [2.05, 4.69) is 20.4 Å². The maximum Gasteiger partial charge on any atom is 0.352 e. The minimum Gasteiger partial charge on any atom is -0.477 e. The van der Waals surface area contributed by atoms with Gasteiger partial charge in [-0.2, -0.15) is 0 Å². The maximum atomic E-state index is 12.9. The molecule has 4 rings (SSSR count). The Kier molecular flexibility index (Phi) is 5.33. The molecule has 11 nitrogen and oxygen atoms in total. The number of nitrogens with zero attached hydrogens (tertiary/aromatic N) is 4. The molecule has 0 unspecified atom stereocenters. The summed E-state index contributed by atoms with van der Waals surface area (Å²) in [6.45, 7) is 2.05. The van der Waals surface area contributed by atoms with Crippen molar-refractivity contribution in [1.29, 1.82) is 0 Å². The van der Waals surface area contributed by atoms with Gasteiger partial charge in [-0.3, -0.25) is 14.5 Å². The molecule has 2 amide bonds. The topological polar surface area (TPSA) is 160 Å². The highest BCUT2D eigenvalue weighted by Crippen LogP contribution is 2.40. The van der Waals surface area contributed by atoms with Crippen LogP contribution < -0.4 is 11.1 Å². The van der Waals surface area contributed by atoms with Crippen molar-refractivity contribution in [2.45, 2.75) is 31.2 Å². The second-order valence-electron chi connectivity index (χ2n) is 7.28. The van der Waals surface area contributed by atoms with Crippen LogP contribution in [0.2, 0.25) is 0 Å². The number of thioether (sulfide) groups is 1. The molecule has 2 aliphatic heterocycles. The van der Waals surface area contributed by atoms with Gasteiger partial charge in [-0.25, -0.2) is 14.8 Å². The predicted molar refractivity (Wildman–Crippen MR) is 107 cm³/mol. The molecule has 30 heavy (non-hydrogen) atoms. The largest absolute Gasteiger partial charge is 0.477 e. The molecule has 0 bridgehead atoms. The first-order valence-electron chi connectivity index (χ1n) is 9.34. The number of oxime groups is 1. The Morgan fingerprint density at radius 2 is 2.23 bits per heavy atom. The summed E-state index contributed by atoms with van der Waals surface area (Å²) in [4.78, 5) is 51.5. The highest BCUT2D eigenvalue weighted by atomic mass is 32.2. The minimum absolute atomic E-state index is 0.0230. The van der Waals surface area contributed by atoms with Gasteiger partial charge in [0.1, 0.15) is 29.5 Å². The molecule has 1 saturated heterocycles. The van der Waals surface area contributed by atoms with Crippen molar-refractivity contribution in [3.63, 3.8) is 0 Å². The molecule has 158 valence electrons. The Morgan fingerprint density at radius 1 is 1.47 bits per heavy atom. The summed E-state index contributed by atoms with van der Waals surface area (Å²) in [5, 5.41) is 15.4. The Hall–Kier alpha value is -3.15. The van der Waals surface area contributed by atoms with Crippen molar-refractivity contribution in [3.05, 3.63) is 29.4 Å². The summed E-state index contributed by atoms with van der Waals surface area (Å²) < 4.78 is 0. The number of aromatic nitrogens is 2. The van der Waals surface area contributed by atoms with Crippen LogP contribution in [-0.2, 0) is 19.2 Å². The number of β-lactam (4-membered cyclic amide) rings is 1. The van der Waals surface area contributed by atoms with Gasteiger partial charge in [0.05, 0.1) is 0 Å². The van der Waals surface area contributed by atoms with Gasteiger partial charge in [0.2, 0.25) is 5.71 Å². The third-order valence-electron chi connectivity index (χ3n) is 4.92. The fourth-order valence-electron chi connectivity index (χ4n) is 3.15. The van der Waals surface area contributed by atoms with E-state index in [1.165, 1.54) is 28.9 Å². The molecular formula is C18H20N6O5S. The number of carbonyl (C=O) groups is 3. The lowest BCUT2D eigenvalue weighted by molar-refractivity contribution is -0.150. The van der Waals surface area contributed by atoms with E-state index in [4.69, 9.17) is 10.6 Å².